The summed E-state index contributed by atoms with van der Waals surface area (Å²) in [4.78, 5) is 11.8. The van der Waals surface area contributed by atoms with Crippen LogP contribution in [-0.2, 0) is 17.1 Å². The second-order valence-corrected chi connectivity index (χ2v) is 7.66. The van der Waals surface area contributed by atoms with Gasteiger partial charge in [0.2, 0.25) is 0 Å². The van der Waals surface area contributed by atoms with Gasteiger partial charge in [-0.05, 0) is 36.8 Å². The number of hydrogen-bond acceptors (Lipinski definition) is 4. The molecule has 0 aliphatic carbocycles. The highest BCUT2D eigenvalue weighted by Crippen LogP contribution is 2.26. The Labute approximate surface area is 158 Å². The standard InChI is InChI=1S/C18H14F3N3O3S/c1-10-4-3-5-15(16(10)21)28(26,27)23-18(25)13-9-24(2)22-17(13)12-8-11(19)6-7-14(12)20/h3-9H,1-2H3,(H,23,25). The van der Waals surface area contributed by atoms with E-state index in [1.807, 2.05) is 0 Å². The van der Waals surface area contributed by atoms with Gasteiger partial charge in [-0.3, -0.25) is 9.48 Å². The van der Waals surface area contributed by atoms with Crippen LogP contribution in [0.3, 0.4) is 0 Å². The van der Waals surface area contributed by atoms with E-state index in [9.17, 15) is 26.4 Å². The van der Waals surface area contributed by atoms with E-state index in [0.29, 0.717) is 0 Å². The number of hydrogen-bond donors (Lipinski definition) is 1. The molecule has 2 aromatic carbocycles. The molecule has 0 atom stereocenters. The summed E-state index contributed by atoms with van der Waals surface area (Å²) in [5, 5.41) is 3.92. The number of aryl methyl sites for hydroxylation is 2. The Bertz CT molecular complexity index is 1190. The van der Waals surface area contributed by atoms with Crippen molar-refractivity contribution in [2.75, 3.05) is 0 Å². The Kier molecular flexibility index (Phi) is 4.99. The lowest BCUT2D eigenvalue weighted by Crippen LogP contribution is -2.31. The van der Waals surface area contributed by atoms with Gasteiger partial charge in [-0.25, -0.2) is 26.3 Å². The smallest absolute Gasteiger partial charge is 0.268 e. The van der Waals surface area contributed by atoms with Crippen LogP contribution in [0.25, 0.3) is 11.3 Å². The maximum absolute atomic E-state index is 14.2. The van der Waals surface area contributed by atoms with Crippen LogP contribution in [0.2, 0.25) is 0 Å². The quantitative estimate of drug-likeness (QED) is 0.719. The first-order valence-corrected chi connectivity index (χ1v) is 9.40. The molecule has 0 aliphatic heterocycles. The Hall–Kier alpha value is -3.14. The minimum Gasteiger partial charge on any atom is -0.274 e. The van der Waals surface area contributed by atoms with E-state index in [4.69, 9.17) is 0 Å². The molecule has 0 saturated heterocycles. The number of aromatic nitrogens is 2. The lowest BCUT2D eigenvalue weighted by atomic mass is 10.1. The van der Waals surface area contributed by atoms with Gasteiger partial charge in [-0.1, -0.05) is 12.1 Å². The van der Waals surface area contributed by atoms with Crippen molar-refractivity contribution in [3.8, 4) is 11.3 Å². The Morgan fingerprint density at radius 2 is 1.86 bits per heavy atom. The van der Waals surface area contributed by atoms with Crippen molar-refractivity contribution >= 4 is 15.9 Å². The lowest BCUT2D eigenvalue weighted by molar-refractivity contribution is 0.0982. The molecule has 146 valence electrons. The zero-order valence-electron chi connectivity index (χ0n) is 14.7. The van der Waals surface area contributed by atoms with E-state index in [1.165, 1.54) is 26.1 Å². The van der Waals surface area contributed by atoms with E-state index >= 15 is 0 Å². The predicted molar refractivity (Wildman–Crippen MR) is 94.3 cm³/mol. The highest BCUT2D eigenvalue weighted by molar-refractivity contribution is 7.90. The molecule has 3 aromatic rings. The van der Waals surface area contributed by atoms with Gasteiger partial charge < -0.3 is 0 Å². The molecule has 0 fully saturated rings. The first kappa shape index (κ1) is 19.6. The minimum atomic E-state index is -4.55. The van der Waals surface area contributed by atoms with Gasteiger partial charge in [0.05, 0.1) is 5.56 Å². The van der Waals surface area contributed by atoms with Crippen molar-refractivity contribution in [1.29, 1.82) is 0 Å². The maximum Gasteiger partial charge on any atom is 0.268 e. The SMILES string of the molecule is Cc1cccc(S(=O)(=O)NC(=O)c2cn(C)nc2-c2cc(F)ccc2F)c1F. The molecule has 3 rings (SSSR count). The summed E-state index contributed by atoms with van der Waals surface area (Å²) in [6, 6.07) is 6.31. The Morgan fingerprint density at radius 3 is 2.57 bits per heavy atom. The summed E-state index contributed by atoms with van der Waals surface area (Å²) in [6.07, 6.45) is 1.15. The number of halogens is 3. The summed E-state index contributed by atoms with van der Waals surface area (Å²) in [6.45, 7) is 1.38. The van der Waals surface area contributed by atoms with Crippen LogP contribution in [-0.4, -0.2) is 24.1 Å². The summed E-state index contributed by atoms with van der Waals surface area (Å²) >= 11 is 0. The molecule has 1 amide bonds. The fourth-order valence-electron chi connectivity index (χ4n) is 2.59. The van der Waals surface area contributed by atoms with Crippen LogP contribution in [0, 0.1) is 24.4 Å². The van der Waals surface area contributed by atoms with Crippen LogP contribution in [0.1, 0.15) is 15.9 Å². The van der Waals surface area contributed by atoms with Gasteiger partial charge >= 0.3 is 0 Å². The summed E-state index contributed by atoms with van der Waals surface area (Å²) in [5.74, 6) is -3.76. The van der Waals surface area contributed by atoms with E-state index in [-0.39, 0.29) is 22.4 Å². The predicted octanol–water partition coefficient (Wildman–Crippen LogP) is 2.93. The normalized spacial score (nSPS) is 11.5. The van der Waals surface area contributed by atoms with Crippen LogP contribution >= 0.6 is 0 Å². The number of amides is 1. The molecule has 1 heterocycles. The fourth-order valence-corrected chi connectivity index (χ4v) is 3.71. The van der Waals surface area contributed by atoms with Gasteiger partial charge in [0, 0.05) is 18.8 Å². The largest absolute Gasteiger partial charge is 0.274 e. The second-order valence-electron chi connectivity index (χ2n) is 6.01. The Balaban J connectivity index is 2.03. The number of benzene rings is 2. The molecular formula is C18H14F3N3O3S. The number of carbonyl (C=O) groups is 1. The van der Waals surface area contributed by atoms with Gasteiger partial charge in [-0.15, -0.1) is 0 Å². The molecule has 10 heteroatoms. The van der Waals surface area contributed by atoms with Crippen LogP contribution < -0.4 is 4.72 Å². The molecule has 0 radical (unpaired) electrons. The molecule has 0 spiro atoms. The van der Waals surface area contributed by atoms with Gasteiger partial charge in [-0.2, -0.15) is 5.10 Å². The fraction of sp³-hybridized carbons (Fsp3) is 0.111. The molecule has 0 saturated carbocycles. The number of rotatable bonds is 4. The van der Waals surface area contributed by atoms with Crippen molar-refractivity contribution in [1.82, 2.24) is 14.5 Å². The van der Waals surface area contributed by atoms with Crippen molar-refractivity contribution < 1.29 is 26.4 Å². The van der Waals surface area contributed by atoms with E-state index in [2.05, 4.69) is 5.10 Å². The zero-order chi connectivity index (χ0) is 20.6. The molecular weight excluding hydrogens is 395 g/mol. The minimum absolute atomic E-state index is 0.0826. The monoisotopic (exact) mass is 409 g/mol. The average Bonchev–Trinajstić information content (AvgIpc) is 3.00. The van der Waals surface area contributed by atoms with Gasteiger partial charge in [0.25, 0.3) is 15.9 Å². The zero-order valence-corrected chi connectivity index (χ0v) is 15.5. The van der Waals surface area contributed by atoms with Gasteiger partial charge in [0.1, 0.15) is 28.0 Å². The summed E-state index contributed by atoms with van der Waals surface area (Å²) < 4.78 is 69.5. The molecule has 1 aromatic heterocycles. The molecule has 0 unspecified atom stereocenters. The van der Waals surface area contributed by atoms with Crippen LogP contribution in [0.15, 0.2) is 47.5 Å². The lowest BCUT2D eigenvalue weighted by Gasteiger charge is -2.09. The highest BCUT2D eigenvalue weighted by Gasteiger charge is 2.27. The molecule has 0 aliphatic rings. The average molecular weight is 409 g/mol. The van der Waals surface area contributed by atoms with Crippen molar-refractivity contribution in [3.63, 3.8) is 0 Å². The van der Waals surface area contributed by atoms with Crippen molar-refractivity contribution in [3.05, 3.63) is 71.2 Å². The molecule has 1 N–H and O–H groups in total. The van der Waals surface area contributed by atoms with Crippen molar-refractivity contribution in [2.45, 2.75) is 11.8 Å². The third kappa shape index (κ3) is 3.63. The third-order valence-corrected chi connectivity index (χ3v) is 5.28. The van der Waals surface area contributed by atoms with E-state index in [0.717, 1.165) is 35.1 Å². The first-order valence-electron chi connectivity index (χ1n) is 7.91. The van der Waals surface area contributed by atoms with E-state index < -0.39 is 38.3 Å². The van der Waals surface area contributed by atoms with E-state index in [1.54, 1.807) is 4.72 Å². The maximum atomic E-state index is 14.2. The number of carbonyl (C=O) groups excluding carboxylic acids is 1. The topological polar surface area (TPSA) is 81.1 Å². The number of sulfonamides is 1. The summed E-state index contributed by atoms with van der Waals surface area (Å²) in [7, 11) is -3.13. The number of nitrogens with zero attached hydrogens (tertiary/aromatic N) is 2. The summed E-state index contributed by atoms with van der Waals surface area (Å²) in [5.41, 5.74) is -0.801. The van der Waals surface area contributed by atoms with Gasteiger partial charge in [0.15, 0.2) is 0 Å². The molecule has 0 bridgehead atoms. The van der Waals surface area contributed by atoms with Crippen LogP contribution in [0.5, 0.6) is 0 Å². The Morgan fingerprint density at radius 1 is 1.14 bits per heavy atom. The highest BCUT2D eigenvalue weighted by atomic mass is 32.2. The van der Waals surface area contributed by atoms with Crippen molar-refractivity contribution in [2.24, 2.45) is 7.05 Å². The number of nitrogens with one attached hydrogen (secondary N) is 1. The third-order valence-electron chi connectivity index (χ3n) is 3.93. The molecule has 28 heavy (non-hydrogen) atoms. The second kappa shape index (κ2) is 7.12. The first-order chi connectivity index (χ1) is 13.1. The van der Waals surface area contributed by atoms with Crippen LogP contribution in [0.4, 0.5) is 13.2 Å². The molecule has 6 nitrogen and oxygen atoms in total.